The van der Waals surface area contributed by atoms with Gasteiger partial charge in [-0.1, -0.05) is 32.0 Å². The predicted octanol–water partition coefficient (Wildman–Crippen LogP) is 5.13. The number of nitrogens with zero attached hydrogens (tertiary/aromatic N) is 2. The van der Waals surface area contributed by atoms with Crippen LogP contribution in [0.1, 0.15) is 70.9 Å². The van der Waals surface area contributed by atoms with Gasteiger partial charge in [0.1, 0.15) is 23.7 Å². The quantitative estimate of drug-likeness (QED) is 0.264. The topological polar surface area (TPSA) is 119 Å². The zero-order valence-corrected chi connectivity index (χ0v) is 29.8. The molecule has 0 spiro atoms. The maximum atomic E-state index is 13.8. The molecule has 4 rings (SSSR count). The van der Waals surface area contributed by atoms with Gasteiger partial charge in [0.15, 0.2) is 0 Å². The molecule has 0 aromatic heterocycles. The van der Waals surface area contributed by atoms with E-state index in [-0.39, 0.29) is 37.1 Å². The van der Waals surface area contributed by atoms with E-state index in [1.807, 2.05) is 71.0 Å². The number of aliphatic hydroxyl groups excluding tert-OH is 1. The number of amides is 2. The van der Waals surface area contributed by atoms with Crippen LogP contribution in [-0.4, -0.2) is 100.0 Å². The summed E-state index contributed by atoms with van der Waals surface area (Å²) in [4.78, 5) is 31.0. The third kappa shape index (κ3) is 9.99. The summed E-state index contributed by atoms with van der Waals surface area (Å²) in [6.45, 7) is 13.0. The van der Waals surface area contributed by atoms with Crippen LogP contribution in [0.15, 0.2) is 42.5 Å². The molecule has 2 aliphatic heterocycles. The van der Waals surface area contributed by atoms with E-state index in [9.17, 15) is 14.7 Å². The normalized spacial score (nSPS) is 19.7. The van der Waals surface area contributed by atoms with Gasteiger partial charge in [0, 0.05) is 44.2 Å². The van der Waals surface area contributed by atoms with Crippen LogP contribution in [0.2, 0.25) is 0 Å². The fourth-order valence-electron chi connectivity index (χ4n) is 6.48. The van der Waals surface area contributed by atoms with E-state index in [1.54, 1.807) is 19.1 Å². The van der Waals surface area contributed by atoms with Gasteiger partial charge in [0.05, 0.1) is 45.2 Å². The van der Waals surface area contributed by atoms with Gasteiger partial charge in [0.2, 0.25) is 5.91 Å². The first-order valence-corrected chi connectivity index (χ1v) is 17.0. The third-order valence-electron chi connectivity index (χ3n) is 8.95. The lowest BCUT2D eigenvalue weighted by Gasteiger charge is -2.46. The summed E-state index contributed by atoms with van der Waals surface area (Å²) < 4.78 is 29.3. The first-order chi connectivity index (χ1) is 22.8. The van der Waals surface area contributed by atoms with Crippen LogP contribution in [0.5, 0.6) is 11.5 Å². The number of fused-ring (bicyclic) bond motifs is 1. The molecule has 48 heavy (non-hydrogen) atoms. The number of methoxy groups -OCH3 is 2. The van der Waals surface area contributed by atoms with Gasteiger partial charge in [-0.25, -0.2) is 4.79 Å². The SMILES string of the molecule is COCCCN1CCOc2ccc(CO[C@H]3CN(C(=O)OC(C)(C)C)[C@H](CC(C)(C)C(=O)NCCO)C[C@@H]3c3ccc(OC)cc3)cc21. The highest BCUT2D eigenvalue weighted by Gasteiger charge is 2.44. The van der Waals surface area contributed by atoms with E-state index in [1.165, 1.54) is 0 Å². The van der Waals surface area contributed by atoms with Crippen LogP contribution in [-0.2, 0) is 25.6 Å². The number of nitrogens with one attached hydrogen (secondary N) is 1. The van der Waals surface area contributed by atoms with Gasteiger partial charge in [0.25, 0.3) is 0 Å². The molecule has 11 nitrogen and oxygen atoms in total. The van der Waals surface area contributed by atoms with E-state index < -0.39 is 17.1 Å². The Morgan fingerprint density at radius 2 is 1.81 bits per heavy atom. The monoisotopic (exact) mass is 669 g/mol. The van der Waals surface area contributed by atoms with Crippen molar-refractivity contribution in [2.45, 2.75) is 84.2 Å². The second-order valence-electron chi connectivity index (χ2n) is 14.3. The number of anilines is 1. The minimum absolute atomic E-state index is 0.0672. The molecule has 2 aliphatic rings. The van der Waals surface area contributed by atoms with Crippen LogP contribution < -0.4 is 19.7 Å². The van der Waals surface area contributed by atoms with E-state index >= 15 is 0 Å². The molecule has 0 unspecified atom stereocenters. The molecule has 2 N–H and O–H groups in total. The van der Waals surface area contributed by atoms with E-state index in [4.69, 9.17) is 23.7 Å². The van der Waals surface area contributed by atoms with E-state index in [0.717, 1.165) is 47.8 Å². The van der Waals surface area contributed by atoms with Gasteiger partial charge in [-0.2, -0.15) is 0 Å². The van der Waals surface area contributed by atoms with Crippen molar-refractivity contribution in [3.8, 4) is 11.5 Å². The highest BCUT2D eigenvalue weighted by atomic mass is 16.6. The van der Waals surface area contributed by atoms with Crippen molar-refractivity contribution in [3.05, 3.63) is 53.6 Å². The summed E-state index contributed by atoms with van der Waals surface area (Å²) in [6.07, 6.45) is 1.12. The first kappa shape index (κ1) is 37.3. The number of carbonyl (C=O) groups is 2. The van der Waals surface area contributed by atoms with Crippen LogP contribution in [0.25, 0.3) is 0 Å². The van der Waals surface area contributed by atoms with Crippen molar-refractivity contribution in [2.75, 3.05) is 65.1 Å². The summed E-state index contributed by atoms with van der Waals surface area (Å²) >= 11 is 0. The Morgan fingerprint density at radius 1 is 1.06 bits per heavy atom. The third-order valence-corrected chi connectivity index (χ3v) is 8.95. The molecule has 1 fully saturated rings. The molecule has 2 aromatic carbocycles. The number of hydrogen-bond acceptors (Lipinski definition) is 9. The Labute approximate surface area is 285 Å². The number of likely N-dealkylation sites (tertiary alicyclic amines) is 1. The Balaban J connectivity index is 1.62. The molecular weight excluding hydrogens is 614 g/mol. The summed E-state index contributed by atoms with van der Waals surface area (Å²) in [6, 6.07) is 13.8. The highest BCUT2D eigenvalue weighted by Crippen LogP contribution is 2.40. The molecule has 2 amide bonds. The maximum Gasteiger partial charge on any atom is 0.410 e. The second kappa shape index (κ2) is 16.7. The summed E-state index contributed by atoms with van der Waals surface area (Å²) in [5, 5.41) is 12.1. The van der Waals surface area contributed by atoms with Gasteiger partial charge in [-0.05, 0) is 75.4 Å². The number of piperidine rings is 1. The zero-order chi connectivity index (χ0) is 34.9. The molecule has 0 saturated carbocycles. The van der Waals surface area contributed by atoms with Crippen molar-refractivity contribution in [1.82, 2.24) is 10.2 Å². The van der Waals surface area contributed by atoms with Crippen molar-refractivity contribution >= 4 is 17.7 Å². The fourth-order valence-corrected chi connectivity index (χ4v) is 6.48. The van der Waals surface area contributed by atoms with E-state index in [0.29, 0.717) is 39.2 Å². The number of benzene rings is 2. The molecular formula is C37H55N3O8. The number of carbonyl (C=O) groups excluding carboxylic acids is 2. The van der Waals surface area contributed by atoms with Crippen molar-refractivity contribution in [2.24, 2.45) is 5.41 Å². The lowest BCUT2D eigenvalue weighted by Crippen LogP contribution is -2.55. The zero-order valence-electron chi connectivity index (χ0n) is 29.8. The Kier molecular flexibility index (Phi) is 13.0. The van der Waals surface area contributed by atoms with Gasteiger partial charge >= 0.3 is 6.09 Å². The Morgan fingerprint density at radius 3 is 2.48 bits per heavy atom. The number of hydrogen-bond donors (Lipinski definition) is 2. The number of aliphatic hydroxyl groups is 1. The van der Waals surface area contributed by atoms with Gasteiger partial charge in [-0.15, -0.1) is 0 Å². The summed E-state index contributed by atoms with van der Waals surface area (Å²) in [5.74, 6) is 1.38. The largest absolute Gasteiger partial charge is 0.497 e. The highest BCUT2D eigenvalue weighted by molar-refractivity contribution is 5.82. The van der Waals surface area contributed by atoms with Crippen LogP contribution in [0.3, 0.4) is 0 Å². The van der Waals surface area contributed by atoms with E-state index in [2.05, 4.69) is 16.3 Å². The molecule has 3 atom stereocenters. The second-order valence-corrected chi connectivity index (χ2v) is 14.3. The lowest BCUT2D eigenvalue weighted by atomic mass is 9.76. The van der Waals surface area contributed by atoms with Crippen molar-refractivity contribution < 1.29 is 38.4 Å². The lowest BCUT2D eigenvalue weighted by molar-refractivity contribution is -0.131. The van der Waals surface area contributed by atoms with Crippen LogP contribution >= 0.6 is 0 Å². The Bertz CT molecular complexity index is 1340. The Hall–Kier alpha value is -3.54. The molecule has 11 heteroatoms. The number of ether oxygens (including phenoxy) is 5. The standard InChI is InChI=1S/C37H55N3O8/c1-36(2,3)48-35(43)40-24-33(47-25-26-9-14-32-31(21-26)39(17-20-46-32)16-8-19-44-6)30(27-10-12-29(45-7)13-11-27)22-28(40)23-37(4,5)34(42)38-15-18-41/h9-14,21,28,30,33,41H,8,15-20,22-25H2,1-7H3,(H,38,42)/t28-,30+,33-/m0/s1. The molecule has 1 saturated heterocycles. The molecule has 0 aliphatic carbocycles. The molecule has 2 aromatic rings. The molecule has 0 radical (unpaired) electrons. The minimum atomic E-state index is -0.807. The average Bonchev–Trinajstić information content (AvgIpc) is 3.05. The first-order valence-electron chi connectivity index (χ1n) is 17.0. The fraction of sp³-hybridized carbons (Fsp3) is 0.622. The minimum Gasteiger partial charge on any atom is -0.497 e. The van der Waals surface area contributed by atoms with Crippen molar-refractivity contribution in [1.29, 1.82) is 0 Å². The summed E-state index contributed by atoms with van der Waals surface area (Å²) in [5.41, 5.74) is 1.63. The van der Waals surface area contributed by atoms with Gasteiger partial charge < -0.3 is 43.9 Å². The average molecular weight is 670 g/mol. The van der Waals surface area contributed by atoms with Gasteiger partial charge in [-0.3, -0.25) is 4.79 Å². The molecule has 2 heterocycles. The van der Waals surface area contributed by atoms with Crippen molar-refractivity contribution in [3.63, 3.8) is 0 Å². The van der Waals surface area contributed by atoms with Crippen LogP contribution in [0, 0.1) is 5.41 Å². The molecule has 266 valence electrons. The maximum absolute atomic E-state index is 13.8. The number of rotatable bonds is 14. The van der Waals surface area contributed by atoms with Crippen LogP contribution in [0.4, 0.5) is 10.5 Å². The smallest absolute Gasteiger partial charge is 0.410 e. The predicted molar refractivity (Wildman–Crippen MR) is 185 cm³/mol. The molecule has 0 bridgehead atoms. The summed E-state index contributed by atoms with van der Waals surface area (Å²) in [7, 11) is 3.36.